The summed E-state index contributed by atoms with van der Waals surface area (Å²) in [4.78, 5) is 50.2. The maximum Gasteiger partial charge on any atom is 0.379 e. The van der Waals surface area contributed by atoms with Crippen molar-refractivity contribution in [2.75, 3.05) is 12.4 Å². The van der Waals surface area contributed by atoms with Gasteiger partial charge < -0.3 is 9.94 Å². The number of nitrogens with zero attached hydrogens (tertiary/aromatic N) is 1. The normalized spacial score (nSPS) is 20.9. The maximum absolute atomic E-state index is 11.9. The quantitative estimate of drug-likeness (QED) is 0.287. The van der Waals surface area contributed by atoms with Gasteiger partial charge in [-0.25, -0.2) is 4.79 Å². The molecule has 0 saturated carbocycles. The summed E-state index contributed by atoms with van der Waals surface area (Å²) in [5.41, 5.74) is 2.29. The third-order valence-corrected chi connectivity index (χ3v) is 4.17. The molecule has 108 valence electrons. The molecule has 0 aromatic carbocycles. The van der Waals surface area contributed by atoms with Crippen molar-refractivity contribution in [1.82, 2.24) is 10.4 Å². The van der Waals surface area contributed by atoms with Gasteiger partial charge in [-0.2, -0.15) is 5.48 Å². The lowest BCUT2D eigenvalue weighted by Gasteiger charge is -2.44. The highest BCUT2D eigenvalue weighted by molar-refractivity contribution is 8.00. The molecule has 2 amide bonds. The fourth-order valence-electron chi connectivity index (χ4n) is 1.96. The number of rotatable bonds is 4. The monoisotopic (exact) mass is 300 g/mol. The lowest BCUT2D eigenvalue weighted by atomic mass is 10.1. The number of carbonyl (C=O) groups is 4. The van der Waals surface area contributed by atoms with E-state index < -0.39 is 11.9 Å². The molecule has 0 bridgehead atoms. The smallest absolute Gasteiger partial charge is 0.379 e. The Morgan fingerprint density at radius 2 is 2.30 bits per heavy atom. The largest absolute Gasteiger partial charge is 0.396 e. The molecule has 1 atom stereocenters. The van der Waals surface area contributed by atoms with Crippen molar-refractivity contribution in [3.8, 4) is 0 Å². The summed E-state index contributed by atoms with van der Waals surface area (Å²) in [5, 5.41) is 8.88. The Labute approximate surface area is 118 Å². The minimum atomic E-state index is -1.10. The number of fused-ring (bicyclic) bond motifs is 1. The van der Waals surface area contributed by atoms with Gasteiger partial charge in [0.05, 0.1) is 11.8 Å². The topological polar surface area (TPSA) is 113 Å². The van der Waals surface area contributed by atoms with E-state index in [4.69, 9.17) is 5.11 Å². The van der Waals surface area contributed by atoms with E-state index in [9.17, 15) is 19.2 Å². The van der Waals surface area contributed by atoms with Gasteiger partial charge in [-0.1, -0.05) is 0 Å². The molecule has 2 aliphatic heterocycles. The average Bonchev–Trinajstić information content (AvgIpc) is 2.44. The summed E-state index contributed by atoms with van der Waals surface area (Å²) in [6.45, 7) is -0.167. The summed E-state index contributed by atoms with van der Waals surface area (Å²) in [7, 11) is 0. The number of aliphatic hydroxyl groups excluding tert-OH is 1. The second-order valence-electron chi connectivity index (χ2n) is 4.13. The van der Waals surface area contributed by atoms with Crippen molar-refractivity contribution in [1.29, 1.82) is 0 Å². The van der Waals surface area contributed by atoms with Gasteiger partial charge in [0, 0.05) is 12.4 Å². The number of aldehydes is 1. The number of hydrogen-bond donors (Lipinski definition) is 2. The molecule has 20 heavy (non-hydrogen) atoms. The molecule has 1 unspecified atom stereocenters. The average molecular weight is 300 g/mol. The van der Waals surface area contributed by atoms with Crippen LogP contribution in [0.3, 0.4) is 0 Å². The van der Waals surface area contributed by atoms with E-state index in [-0.39, 0.29) is 36.3 Å². The van der Waals surface area contributed by atoms with Crippen LogP contribution in [0.15, 0.2) is 11.3 Å². The van der Waals surface area contributed by atoms with Gasteiger partial charge in [-0.15, -0.1) is 11.8 Å². The summed E-state index contributed by atoms with van der Waals surface area (Å²) < 4.78 is 0. The molecule has 0 aliphatic carbocycles. The van der Waals surface area contributed by atoms with Gasteiger partial charge in [0.15, 0.2) is 0 Å². The highest BCUT2D eigenvalue weighted by atomic mass is 32.2. The number of aliphatic hydroxyl groups is 1. The number of β-lactam (4-membered cyclic amide) rings is 1. The van der Waals surface area contributed by atoms with Gasteiger partial charge >= 0.3 is 11.9 Å². The highest BCUT2D eigenvalue weighted by Gasteiger charge is 2.45. The Kier molecular flexibility index (Phi) is 4.40. The predicted octanol–water partition coefficient (Wildman–Crippen LogP) is -1.30. The second-order valence-corrected chi connectivity index (χ2v) is 5.30. The SMILES string of the molecule is O=CC(=O)NOC(=O)C1=C(CCO)CSC2CC(=O)N12. The molecule has 9 heteroatoms. The Balaban J connectivity index is 2.17. The number of nitrogens with one attached hydrogen (secondary N) is 1. The molecule has 2 aliphatic rings. The summed E-state index contributed by atoms with van der Waals surface area (Å²) in [5.74, 6) is -1.73. The fourth-order valence-corrected chi connectivity index (χ4v) is 3.27. The van der Waals surface area contributed by atoms with E-state index in [0.29, 0.717) is 17.7 Å². The third kappa shape index (κ3) is 2.68. The molecule has 8 nitrogen and oxygen atoms in total. The van der Waals surface area contributed by atoms with Crippen LogP contribution in [0.5, 0.6) is 0 Å². The Morgan fingerprint density at radius 3 is 2.90 bits per heavy atom. The van der Waals surface area contributed by atoms with Crippen LogP contribution in [0.4, 0.5) is 0 Å². The number of hydroxylamine groups is 1. The van der Waals surface area contributed by atoms with Crippen LogP contribution in [-0.4, -0.2) is 51.8 Å². The van der Waals surface area contributed by atoms with Gasteiger partial charge in [0.1, 0.15) is 5.70 Å². The Bertz CT molecular complexity index is 503. The van der Waals surface area contributed by atoms with Crippen LogP contribution in [0, 0.1) is 0 Å². The second kappa shape index (κ2) is 6.06. The molecular weight excluding hydrogens is 288 g/mol. The van der Waals surface area contributed by atoms with Crippen LogP contribution >= 0.6 is 11.8 Å². The highest BCUT2D eigenvalue weighted by Crippen LogP contribution is 2.40. The number of carbonyl (C=O) groups excluding carboxylic acids is 4. The van der Waals surface area contributed by atoms with Crippen LogP contribution in [-0.2, 0) is 24.0 Å². The molecule has 0 aromatic heterocycles. The molecular formula is C11H12N2O6S. The molecule has 0 aromatic rings. The minimum absolute atomic E-state index is 0.0371. The van der Waals surface area contributed by atoms with E-state index in [1.54, 1.807) is 5.48 Å². The Morgan fingerprint density at radius 1 is 1.55 bits per heavy atom. The lowest BCUT2D eigenvalue weighted by molar-refractivity contribution is -0.159. The van der Waals surface area contributed by atoms with Crippen LogP contribution in [0.2, 0.25) is 0 Å². The van der Waals surface area contributed by atoms with Gasteiger partial charge in [0.2, 0.25) is 12.2 Å². The fraction of sp³-hybridized carbons (Fsp3) is 0.455. The van der Waals surface area contributed by atoms with Crippen molar-refractivity contribution in [2.24, 2.45) is 0 Å². The van der Waals surface area contributed by atoms with Gasteiger partial charge in [-0.05, 0) is 12.0 Å². The first-order chi connectivity index (χ1) is 9.58. The number of amides is 2. The van der Waals surface area contributed by atoms with Crippen LogP contribution in [0.1, 0.15) is 12.8 Å². The number of thioether (sulfide) groups is 1. The van der Waals surface area contributed by atoms with Crippen molar-refractivity contribution < 1.29 is 29.1 Å². The van der Waals surface area contributed by atoms with Crippen LogP contribution in [0.25, 0.3) is 0 Å². The molecule has 2 rings (SSSR count). The van der Waals surface area contributed by atoms with Crippen molar-refractivity contribution >= 4 is 35.8 Å². The van der Waals surface area contributed by atoms with Gasteiger partial charge in [0.25, 0.3) is 0 Å². The molecule has 2 N–H and O–H groups in total. The molecule has 0 spiro atoms. The van der Waals surface area contributed by atoms with E-state index in [1.807, 2.05) is 0 Å². The molecule has 1 fully saturated rings. The first-order valence-corrected chi connectivity index (χ1v) is 6.86. The van der Waals surface area contributed by atoms with Crippen molar-refractivity contribution in [3.63, 3.8) is 0 Å². The van der Waals surface area contributed by atoms with Crippen molar-refractivity contribution in [3.05, 3.63) is 11.3 Å². The summed E-state index contributed by atoms with van der Waals surface area (Å²) in [6, 6.07) is 0. The maximum atomic E-state index is 11.9. The first-order valence-electron chi connectivity index (χ1n) is 5.81. The van der Waals surface area contributed by atoms with E-state index in [2.05, 4.69) is 4.84 Å². The van der Waals surface area contributed by atoms with E-state index >= 15 is 0 Å². The lowest BCUT2D eigenvalue weighted by Crippen LogP contribution is -2.54. The molecule has 0 radical (unpaired) electrons. The zero-order valence-corrected chi connectivity index (χ0v) is 11.1. The zero-order chi connectivity index (χ0) is 14.7. The minimum Gasteiger partial charge on any atom is -0.396 e. The predicted molar refractivity (Wildman–Crippen MR) is 66.7 cm³/mol. The zero-order valence-electron chi connectivity index (χ0n) is 10.3. The third-order valence-electron chi connectivity index (χ3n) is 2.89. The first kappa shape index (κ1) is 14.5. The number of hydrogen-bond acceptors (Lipinski definition) is 7. The van der Waals surface area contributed by atoms with Gasteiger partial charge in [-0.3, -0.25) is 19.3 Å². The Hall–Kier alpha value is -1.87. The standard InChI is InChI=1S/C11H12N2O6S/c14-2-1-6-5-20-9-3-8(17)13(9)10(6)11(18)19-12-7(16)4-15/h4,9,14H,1-3,5H2,(H,12,16). The van der Waals surface area contributed by atoms with E-state index in [0.717, 1.165) is 0 Å². The molecule has 1 saturated heterocycles. The van der Waals surface area contributed by atoms with E-state index in [1.165, 1.54) is 16.7 Å². The van der Waals surface area contributed by atoms with Crippen LogP contribution < -0.4 is 5.48 Å². The summed E-state index contributed by atoms with van der Waals surface area (Å²) in [6.07, 6.45) is 0.536. The summed E-state index contributed by atoms with van der Waals surface area (Å²) >= 11 is 1.50. The van der Waals surface area contributed by atoms with Crippen molar-refractivity contribution in [2.45, 2.75) is 18.2 Å². The molecule has 2 heterocycles.